The molecule has 6 nitrogen and oxygen atoms in total. The lowest BCUT2D eigenvalue weighted by Crippen LogP contribution is -2.30. The van der Waals surface area contributed by atoms with Crippen LogP contribution >= 0.6 is 0 Å². The summed E-state index contributed by atoms with van der Waals surface area (Å²) in [7, 11) is 0. The molecule has 1 aliphatic rings. The molecule has 3 rings (SSSR count). The first-order valence-electron chi connectivity index (χ1n) is 9.46. The number of carbonyl (C=O) groups is 3. The number of benzene rings is 2. The van der Waals surface area contributed by atoms with Crippen molar-refractivity contribution in [2.45, 2.75) is 19.8 Å². The van der Waals surface area contributed by atoms with E-state index in [0.717, 1.165) is 6.42 Å². The molecule has 1 aliphatic heterocycles. The monoisotopic (exact) mass is 380 g/mol. The number of likely N-dealkylation sites (tertiary alicyclic amines) is 1. The summed E-state index contributed by atoms with van der Waals surface area (Å²) < 4.78 is 4.94. The number of hydrogen-bond donors (Lipinski definition) is 1. The Labute approximate surface area is 164 Å². The highest BCUT2D eigenvalue weighted by Crippen LogP contribution is 2.21. The summed E-state index contributed by atoms with van der Waals surface area (Å²) >= 11 is 0. The number of nitrogens with one attached hydrogen (secondary N) is 1. The second-order valence-corrected chi connectivity index (χ2v) is 6.76. The highest BCUT2D eigenvalue weighted by molar-refractivity contribution is 5.97. The van der Waals surface area contributed by atoms with Crippen LogP contribution in [0.4, 0.5) is 5.69 Å². The molecule has 2 aromatic rings. The maximum absolute atomic E-state index is 12.5. The fourth-order valence-corrected chi connectivity index (χ4v) is 3.22. The van der Waals surface area contributed by atoms with Crippen molar-refractivity contribution in [2.75, 3.05) is 25.0 Å². The van der Waals surface area contributed by atoms with Crippen molar-refractivity contribution in [3.05, 3.63) is 65.7 Å². The summed E-state index contributed by atoms with van der Waals surface area (Å²) in [6.07, 6.45) is 0.998. The minimum absolute atomic E-state index is 0.00809. The quantitative estimate of drug-likeness (QED) is 0.750. The van der Waals surface area contributed by atoms with Gasteiger partial charge in [-0.15, -0.1) is 0 Å². The van der Waals surface area contributed by atoms with Crippen LogP contribution in [0, 0.1) is 5.92 Å². The minimum atomic E-state index is -0.393. The highest BCUT2D eigenvalue weighted by atomic mass is 16.5. The third-order valence-corrected chi connectivity index (χ3v) is 4.76. The van der Waals surface area contributed by atoms with Crippen molar-refractivity contribution < 1.29 is 19.1 Å². The first-order valence-corrected chi connectivity index (χ1v) is 9.46. The molecule has 2 amide bonds. The standard InChI is InChI=1S/C22H24N2O4/c1-2-28-22(27)17-8-10-19(11-9-17)23-21(26)18-14-20(25)24(15-18)13-12-16-6-4-3-5-7-16/h3-11,18H,2,12-15H2,1H3,(H,23,26). The summed E-state index contributed by atoms with van der Waals surface area (Å²) in [5.74, 6) is -0.933. The minimum Gasteiger partial charge on any atom is -0.462 e. The van der Waals surface area contributed by atoms with E-state index in [4.69, 9.17) is 4.74 Å². The SMILES string of the molecule is CCOC(=O)c1ccc(NC(=O)C2CC(=O)N(CCc3ccccc3)C2)cc1. The zero-order chi connectivity index (χ0) is 19.9. The third-order valence-electron chi connectivity index (χ3n) is 4.76. The molecule has 0 spiro atoms. The molecule has 1 atom stereocenters. The summed E-state index contributed by atoms with van der Waals surface area (Å²) in [6.45, 7) is 3.10. The fraction of sp³-hybridized carbons (Fsp3) is 0.318. The summed E-state index contributed by atoms with van der Waals surface area (Å²) in [5.41, 5.74) is 2.20. The van der Waals surface area contributed by atoms with Gasteiger partial charge in [-0.1, -0.05) is 30.3 Å². The Bertz CT molecular complexity index is 833. The van der Waals surface area contributed by atoms with Gasteiger partial charge in [0, 0.05) is 25.2 Å². The van der Waals surface area contributed by atoms with E-state index < -0.39 is 5.97 Å². The van der Waals surface area contributed by atoms with Crippen molar-refractivity contribution >= 4 is 23.5 Å². The van der Waals surface area contributed by atoms with Crippen molar-refractivity contribution in [1.82, 2.24) is 4.90 Å². The molecule has 2 aromatic carbocycles. The van der Waals surface area contributed by atoms with Crippen LogP contribution in [0.5, 0.6) is 0 Å². The van der Waals surface area contributed by atoms with Gasteiger partial charge in [0.15, 0.2) is 0 Å². The third kappa shape index (κ3) is 4.97. The van der Waals surface area contributed by atoms with E-state index >= 15 is 0 Å². The van der Waals surface area contributed by atoms with Crippen LogP contribution in [-0.4, -0.2) is 42.4 Å². The largest absolute Gasteiger partial charge is 0.462 e. The summed E-state index contributed by atoms with van der Waals surface area (Å²) in [6, 6.07) is 16.5. The second-order valence-electron chi connectivity index (χ2n) is 6.76. The maximum Gasteiger partial charge on any atom is 0.338 e. The van der Waals surface area contributed by atoms with Gasteiger partial charge in [0.1, 0.15) is 0 Å². The van der Waals surface area contributed by atoms with Crippen molar-refractivity contribution in [3.63, 3.8) is 0 Å². The zero-order valence-corrected chi connectivity index (χ0v) is 15.9. The molecule has 1 unspecified atom stereocenters. The molecule has 6 heteroatoms. The lowest BCUT2D eigenvalue weighted by molar-refractivity contribution is -0.128. The molecule has 1 N–H and O–H groups in total. The van der Waals surface area contributed by atoms with Gasteiger partial charge < -0.3 is 15.0 Å². The Morgan fingerprint density at radius 3 is 2.50 bits per heavy atom. The van der Waals surface area contributed by atoms with E-state index in [9.17, 15) is 14.4 Å². The number of nitrogens with zero attached hydrogens (tertiary/aromatic N) is 1. The number of esters is 1. The van der Waals surface area contributed by atoms with E-state index in [1.54, 1.807) is 36.1 Å². The highest BCUT2D eigenvalue weighted by Gasteiger charge is 2.34. The Hall–Kier alpha value is -3.15. The number of carbonyl (C=O) groups excluding carboxylic acids is 3. The van der Waals surface area contributed by atoms with Gasteiger partial charge in [0.25, 0.3) is 0 Å². The van der Waals surface area contributed by atoms with E-state index in [0.29, 0.717) is 30.9 Å². The van der Waals surface area contributed by atoms with Crippen LogP contribution in [0.2, 0.25) is 0 Å². The van der Waals surface area contributed by atoms with E-state index in [1.165, 1.54) is 5.56 Å². The molecule has 0 saturated carbocycles. The molecule has 28 heavy (non-hydrogen) atoms. The lowest BCUT2D eigenvalue weighted by atomic mass is 10.1. The summed E-state index contributed by atoms with van der Waals surface area (Å²) in [5, 5.41) is 2.83. The molecular weight excluding hydrogens is 356 g/mol. The normalized spacial score (nSPS) is 16.1. The van der Waals surface area contributed by atoms with Gasteiger partial charge >= 0.3 is 5.97 Å². The first kappa shape index (κ1) is 19.6. The molecule has 0 radical (unpaired) electrons. The molecule has 146 valence electrons. The van der Waals surface area contributed by atoms with Gasteiger partial charge in [-0.3, -0.25) is 9.59 Å². The van der Waals surface area contributed by atoms with Gasteiger partial charge in [-0.2, -0.15) is 0 Å². The zero-order valence-electron chi connectivity index (χ0n) is 15.9. The number of amides is 2. The van der Waals surface area contributed by atoms with Crippen molar-refractivity contribution in [3.8, 4) is 0 Å². The van der Waals surface area contributed by atoms with Gasteiger partial charge in [-0.05, 0) is 43.2 Å². The molecule has 0 aromatic heterocycles. The van der Waals surface area contributed by atoms with E-state index in [2.05, 4.69) is 5.32 Å². The van der Waals surface area contributed by atoms with Gasteiger partial charge in [0.05, 0.1) is 18.1 Å². The van der Waals surface area contributed by atoms with Crippen LogP contribution in [0.1, 0.15) is 29.3 Å². The van der Waals surface area contributed by atoms with Gasteiger partial charge in [0.2, 0.25) is 11.8 Å². The van der Waals surface area contributed by atoms with Crippen LogP contribution in [-0.2, 0) is 20.7 Å². The van der Waals surface area contributed by atoms with Crippen LogP contribution in [0.25, 0.3) is 0 Å². The van der Waals surface area contributed by atoms with E-state index in [-0.39, 0.29) is 24.2 Å². The number of anilines is 1. The van der Waals surface area contributed by atoms with E-state index in [1.807, 2.05) is 30.3 Å². The topological polar surface area (TPSA) is 75.7 Å². The predicted molar refractivity (Wildman–Crippen MR) is 106 cm³/mol. The van der Waals surface area contributed by atoms with Crippen LogP contribution < -0.4 is 5.32 Å². The lowest BCUT2D eigenvalue weighted by Gasteiger charge is -2.16. The average Bonchev–Trinajstić information content (AvgIpc) is 3.09. The smallest absolute Gasteiger partial charge is 0.338 e. The number of ether oxygens (including phenoxy) is 1. The molecular formula is C22H24N2O4. The predicted octanol–water partition coefficient (Wildman–Crippen LogP) is 2.89. The molecule has 1 heterocycles. The van der Waals surface area contributed by atoms with Crippen molar-refractivity contribution in [1.29, 1.82) is 0 Å². The van der Waals surface area contributed by atoms with Crippen molar-refractivity contribution in [2.24, 2.45) is 5.92 Å². The molecule has 0 aliphatic carbocycles. The fourth-order valence-electron chi connectivity index (χ4n) is 3.22. The Balaban J connectivity index is 1.52. The maximum atomic E-state index is 12.5. The van der Waals surface area contributed by atoms with Crippen LogP contribution in [0.15, 0.2) is 54.6 Å². The summed E-state index contributed by atoms with van der Waals surface area (Å²) in [4.78, 5) is 38.2. The van der Waals surface area contributed by atoms with Crippen LogP contribution in [0.3, 0.4) is 0 Å². The number of hydrogen-bond acceptors (Lipinski definition) is 4. The average molecular weight is 380 g/mol. The second kappa shape index (κ2) is 9.17. The Morgan fingerprint density at radius 1 is 1.11 bits per heavy atom. The Kier molecular flexibility index (Phi) is 6.42. The molecule has 1 saturated heterocycles. The molecule has 0 bridgehead atoms. The number of rotatable bonds is 7. The molecule has 1 fully saturated rings. The first-order chi connectivity index (χ1) is 13.6. The Morgan fingerprint density at radius 2 is 1.82 bits per heavy atom. The van der Waals surface area contributed by atoms with Gasteiger partial charge in [-0.25, -0.2) is 4.79 Å².